The average Bonchev–Trinajstić information content (AvgIpc) is 2.56. The molecule has 0 bridgehead atoms. The Labute approximate surface area is 113 Å². The first kappa shape index (κ1) is 15.5. The first-order valence-corrected chi connectivity index (χ1v) is 7.78. The molecule has 1 N–H and O–H groups in total. The van der Waals surface area contributed by atoms with E-state index in [9.17, 15) is 13.2 Å². The second kappa shape index (κ2) is 6.05. The van der Waals surface area contributed by atoms with E-state index in [1.165, 1.54) is 10.9 Å². The third-order valence-electron chi connectivity index (χ3n) is 2.37. The zero-order chi connectivity index (χ0) is 14.6. The van der Waals surface area contributed by atoms with Crippen LogP contribution < -0.4 is 9.50 Å². The molecule has 0 saturated heterocycles. The van der Waals surface area contributed by atoms with E-state index in [4.69, 9.17) is 4.18 Å². The fraction of sp³-hybridized carbons (Fsp3) is 0.636. The third-order valence-corrected chi connectivity index (χ3v) is 2.83. The lowest BCUT2D eigenvalue weighted by molar-refractivity contribution is 0.0937. The van der Waals surface area contributed by atoms with Gasteiger partial charge in [0.15, 0.2) is 0 Å². The van der Waals surface area contributed by atoms with Crippen molar-refractivity contribution in [2.24, 2.45) is 7.05 Å². The first-order chi connectivity index (χ1) is 8.73. The molecule has 0 fully saturated rings. The van der Waals surface area contributed by atoms with Crippen LogP contribution in [0.15, 0.2) is 6.20 Å². The Bertz CT molecular complexity index is 550. The van der Waals surface area contributed by atoms with E-state index in [2.05, 4.69) is 10.4 Å². The van der Waals surface area contributed by atoms with Gasteiger partial charge in [0, 0.05) is 19.3 Å². The van der Waals surface area contributed by atoms with Gasteiger partial charge in [-0.2, -0.15) is 8.42 Å². The highest BCUT2D eigenvalue weighted by atomic mass is 32.2. The average molecular weight is 289 g/mol. The number of aromatic nitrogens is 2. The molecule has 1 unspecified atom stereocenters. The molecular formula is C11H19N3O4S. The van der Waals surface area contributed by atoms with Crippen molar-refractivity contribution < 1.29 is 17.4 Å². The van der Waals surface area contributed by atoms with Crippen LogP contribution in [0.2, 0.25) is 0 Å². The summed E-state index contributed by atoms with van der Waals surface area (Å²) in [7, 11) is -2.13. The summed E-state index contributed by atoms with van der Waals surface area (Å²) >= 11 is 0. The van der Waals surface area contributed by atoms with E-state index in [0.717, 1.165) is 19.1 Å². The molecule has 1 atom stereocenters. The van der Waals surface area contributed by atoms with Crippen molar-refractivity contribution in [1.82, 2.24) is 15.1 Å². The molecule has 108 valence electrons. The van der Waals surface area contributed by atoms with Gasteiger partial charge in [0.25, 0.3) is 11.8 Å². The molecule has 0 aromatic carbocycles. The molecule has 0 radical (unpaired) electrons. The summed E-state index contributed by atoms with van der Waals surface area (Å²) in [5.41, 5.74) is 0.107. The standard InChI is InChI=1S/C11H19N3O4S/c1-5-6-8(2)12-10(15)9-7-14(3)13-11(9)18-19(4,16)17/h7-8H,5-6H2,1-4H3,(H,12,15). The lowest BCUT2D eigenvalue weighted by Crippen LogP contribution is -2.32. The van der Waals surface area contributed by atoms with Crippen molar-refractivity contribution in [2.75, 3.05) is 6.26 Å². The molecule has 1 aromatic rings. The van der Waals surface area contributed by atoms with E-state index < -0.39 is 16.0 Å². The molecule has 1 amide bonds. The van der Waals surface area contributed by atoms with Gasteiger partial charge in [-0.25, -0.2) is 0 Å². The maximum Gasteiger partial charge on any atom is 0.307 e. The van der Waals surface area contributed by atoms with Crippen LogP contribution >= 0.6 is 0 Å². The largest absolute Gasteiger partial charge is 0.359 e. The quantitative estimate of drug-likeness (QED) is 0.778. The number of nitrogens with zero attached hydrogens (tertiary/aromatic N) is 2. The molecule has 19 heavy (non-hydrogen) atoms. The van der Waals surface area contributed by atoms with E-state index in [0.29, 0.717) is 0 Å². The van der Waals surface area contributed by atoms with E-state index in [1.807, 2.05) is 13.8 Å². The van der Waals surface area contributed by atoms with E-state index in [-0.39, 0.29) is 17.5 Å². The molecular weight excluding hydrogens is 270 g/mol. The molecule has 0 saturated carbocycles. The molecule has 0 aliphatic rings. The monoisotopic (exact) mass is 289 g/mol. The predicted octanol–water partition coefficient (Wildman–Crippen LogP) is 0.677. The lowest BCUT2D eigenvalue weighted by atomic mass is 10.2. The number of rotatable bonds is 6. The van der Waals surface area contributed by atoms with Crippen LogP contribution in [0.3, 0.4) is 0 Å². The number of carbonyl (C=O) groups is 1. The number of nitrogens with one attached hydrogen (secondary N) is 1. The van der Waals surface area contributed by atoms with Gasteiger partial charge in [0.05, 0.1) is 6.26 Å². The van der Waals surface area contributed by atoms with Gasteiger partial charge in [0.1, 0.15) is 5.56 Å². The normalized spacial score (nSPS) is 13.1. The molecule has 1 heterocycles. The summed E-state index contributed by atoms with van der Waals surface area (Å²) in [5, 5.41) is 6.59. The van der Waals surface area contributed by atoms with E-state index >= 15 is 0 Å². The Morgan fingerprint density at radius 3 is 2.74 bits per heavy atom. The minimum absolute atomic E-state index is 0.00351. The molecule has 7 nitrogen and oxygen atoms in total. The van der Waals surface area contributed by atoms with Crippen LogP contribution in [-0.2, 0) is 17.2 Å². The summed E-state index contributed by atoms with van der Waals surface area (Å²) in [6.07, 6.45) is 4.12. The summed E-state index contributed by atoms with van der Waals surface area (Å²) in [4.78, 5) is 12.0. The Hall–Kier alpha value is -1.57. The Balaban J connectivity index is 2.90. The number of amides is 1. The van der Waals surface area contributed by atoms with Gasteiger partial charge in [-0.05, 0) is 13.3 Å². The van der Waals surface area contributed by atoms with E-state index in [1.54, 1.807) is 7.05 Å². The molecule has 0 spiro atoms. The van der Waals surface area contributed by atoms with Gasteiger partial charge < -0.3 is 9.50 Å². The van der Waals surface area contributed by atoms with Crippen molar-refractivity contribution in [3.8, 4) is 5.88 Å². The van der Waals surface area contributed by atoms with Gasteiger partial charge in [-0.3, -0.25) is 9.48 Å². The molecule has 1 aromatic heterocycles. The Morgan fingerprint density at radius 2 is 2.21 bits per heavy atom. The molecule has 0 aliphatic carbocycles. The van der Waals surface area contributed by atoms with Crippen molar-refractivity contribution >= 4 is 16.0 Å². The maximum atomic E-state index is 12.0. The minimum Gasteiger partial charge on any atom is -0.359 e. The van der Waals surface area contributed by atoms with Crippen LogP contribution in [0.4, 0.5) is 0 Å². The van der Waals surface area contributed by atoms with Crippen LogP contribution in [0, 0.1) is 0 Å². The van der Waals surface area contributed by atoms with Crippen LogP contribution in [0.1, 0.15) is 37.0 Å². The minimum atomic E-state index is -3.71. The van der Waals surface area contributed by atoms with Crippen LogP contribution in [-0.4, -0.2) is 36.4 Å². The van der Waals surface area contributed by atoms with Gasteiger partial charge in [0.2, 0.25) is 0 Å². The fourth-order valence-electron chi connectivity index (χ4n) is 1.64. The van der Waals surface area contributed by atoms with Gasteiger partial charge in [-0.15, -0.1) is 5.10 Å². The molecule has 1 rings (SSSR count). The second-order valence-corrected chi connectivity index (χ2v) is 6.05. The number of aryl methyl sites for hydroxylation is 1. The fourth-order valence-corrected chi connectivity index (χ4v) is 2.05. The molecule has 8 heteroatoms. The number of hydrogen-bond acceptors (Lipinski definition) is 5. The predicted molar refractivity (Wildman–Crippen MR) is 70.5 cm³/mol. The smallest absolute Gasteiger partial charge is 0.307 e. The van der Waals surface area contributed by atoms with Crippen LogP contribution in [0.25, 0.3) is 0 Å². The molecule has 0 aliphatic heterocycles. The lowest BCUT2D eigenvalue weighted by Gasteiger charge is -2.12. The summed E-state index contributed by atoms with van der Waals surface area (Å²) in [6.45, 7) is 3.90. The third kappa shape index (κ3) is 4.90. The highest BCUT2D eigenvalue weighted by Gasteiger charge is 2.21. The summed E-state index contributed by atoms with van der Waals surface area (Å²) in [6, 6.07) is 0.00351. The first-order valence-electron chi connectivity index (χ1n) is 5.97. The van der Waals surface area contributed by atoms with Gasteiger partial charge in [-0.1, -0.05) is 13.3 Å². The zero-order valence-electron chi connectivity index (χ0n) is 11.5. The Morgan fingerprint density at radius 1 is 1.58 bits per heavy atom. The highest BCUT2D eigenvalue weighted by molar-refractivity contribution is 7.86. The number of hydrogen-bond donors (Lipinski definition) is 1. The van der Waals surface area contributed by atoms with Crippen molar-refractivity contribution in [3.63, 3.8) is 0 Å². The van der Waals surface area contributed by atoms with Crippen molar-refractivity contribution in [1.29, 1.82) is 0 Å². The zero-order valence-corrected chi connectivity index (χ0v) is 12.3. The Kier molecular flexibility index (Phi) is 4.93. The topological polar surface area (TPSA) is 90.3 Å². The van der Waals surface area contributed by atoms with Crippen molar-refractivity contribution in [3.05, 3.63) is 11.8 Å². The SMILES string of the molecule is CCCC(C)NC(=O)c1cn(C)nc1OS(C)(=O)=O. The summed E-state index contributed by atoms with van der Waals surface area (Å²) in [5.74, 6) is -0.598. The summed E-state index contributed by atoms with van der Waals surface area (Å²) < 4.78 is 28.2. The maximum absolute atomic E-state index is 12.0. The number of carbonyl (C=O) groups excluding carboxylic acids is 1. The highest BCUT2D eigenvalue weighted by Crippen LogP contribution is 2.17. The van der Waals surface area contributed by atoms with Crippen LogP contribution in [0.5, 0.6) is 5.88 Å². The van der Waals surface area contributed by atoms with Gasteiger partial charge >= 0.3 is 10.1 Å². The second-order valence-electron chi connectivity index (χ2n) is 4.47. The van der Waals surface area contributed by atoms with Crippen molar-refractivity contribution in [2.45, 2.75) is 32.7 Å².